The first-order valence-electron chi connectivity index (χ1n) is 6.64. The Labute approximate surface area is 114 Å². The van der Waals surface area contributed by atoms with E-state index in [1.807, 2.05) is 6.07 Å². The number of nitrogens with one attached hydrogen (secondary N) is 1. The molecule has 0 aliphatic rings. The van der Waals surface area contributed by atoms with Gasteiger partial charge in [-0.3, -0.25) is 10.1 Å². The van der Waals surface area contributed by atoms with Crippen LogP contribution in [-0.2, 0) is 0 Å². The lowest BCUT2D eigenvalue weighted by molar-refractivity contribution is -0.385. The molecular weight excluding hydrogens is 242 g/mol. The molecule has 0 aliphatic heterocycles. The molecule has 1 N–H and O–H groups in total. The van der Waals surface area contributed by atoms with Gasteiger partial charge in [-0.25, -0.2) is 0 Å². The summed E-state index contributed by atoms with van der Waals surface area (Å²) in [5.41, 5.74) is 1.79. The van der Waals surface area contributed by atoms with Crippen molar-refractivity contribution in [1.82, 2.24) is 4.90 Å². The van der Waals surface area contributed by atoms with E-state index >= 15 is 0 Å². The zero-order valence-corrected chi connectivity index (χ0v) is 12.1. The molecule has 5 nitrogen and oxygen atoms in total. The molecule has 1 atom stereocenters. The minimum Gasteiger partial charge on any atom is -0.384 e. The van der Waals surface area contributed by atoms with Crippen molar-refractivity contribution in [1.29, 1.82) is 0 Å². The molecule has 0 fully saturated rings. The molecule has 0 bridgehead atoms. The highest BCUT2D eigenvalue weighted by atomic mass is 16.6. The molecule has 5 heteroatoms. The maximum Gasteiger partial charge on any atom is 0.272 e. The number of hydrogen-bond acceptors (Lipinski definition) is 4. The SMILES string of the molecule is CCC(C)N(C)CCNc1ccc([N+](=O)[O-])c(C)c1. The Kier molecular flexibility index (Phi) is 5.76. The van der Waals surface area contributed by atoms with Gasteiger partial charge in [0.2, 0.25) is 0 Å². The Balaban J connectivity index is 2.51. The van der Waals surface area contributed by atoms with Gasteiger partial charge < -0.3 is 10.2 Å². The van der Waals surface area contributed by atoms with Crippen LogP contribution in [0, 0.1) is 17.0 Å². The van der Waals surface area contributed by atoms with Crippen molar-refractivity contribution in [3.05, 3.63) is 33.9 Å². The van der Waals surface area contributed by atoms with E-state index in [1.54, 1.807) is 19.1 Å². The number of rotatable bonds is 7. The summed E-state index contributed by atoms with van der Waals surface area (Å²) in [6.07, 6.45) is 1.13. The van der Waals surface area contributed by atoms with E-state index in [9.17, 15) is 10.1 Å². The third-order valence-corrected chi connectivity index (χ3v) is 3.53. The number of anilines is 1. The summed E-state index contributed by atoms with van der Waals surface area (Å²) in [7, 11) is 2.11. The van der Waals surface area contributed by atoms with Crippen LogP contribution in [0.3, 0.4) is 0 Å². The summed E-state index contributed by atoms with van der Waals surface area (Å²) in [5.74, 6) is 0. The molecule has 1 rings (SSSR count). The number of nitrogens with zero attached hydrogens (tertiary/aromatic N) is 2. The summed E-state index contributed by atoms with van der Waals surface area (Å²) in [4.78, 5) is 12.7. The molecule has 0 aromatic heterocycles. The van der Waals surface area contributed by atoms with Gasteiger partial charge in [-0.2, -0.15) is 0 Å². The highest BCUT2D eigenvalue weighted by Gasteiger charge is 2.10. The average Bonchev–Trinajstić information content (AvgIpc) is 2.37. The van der Waals surface area contributed by atoms with Crippen LogP contribution in [-0.4, -0.2) is 36.0 Å². The van der Waals surface area contributed by atoms with Crippen LogP contribution in [0.25, 0.3) is 0 Å². The van der Waals surface area contributed by atoms with Crippen molar-refractivity contribution >= 4 is 11.4 Å². The predicted molar refractivity (Wildman–Crippen MR) is 78.7 cm³/mol. The van der Waals surface area contributed by atoms with Gasteiger partial charge in [0, 0.05) is 36.4 Å². The minimum absolute atomic E-state index is 0.169. The quantitative estimate of drug-likeness (QED) is 0.608. The molecule has 0 spiro atoms. The second-order valence-corrected chi connectivity index (χ2v) is 4.92. The first-order chi connectivity index (χ1) is 8.95. The molecular formula is C14H23N3O2. The fraction of sp³-hybridized carbons (Fsp3) is 0.571. The Morgan fingerprint density at radius 3 is 2.68 bits per heavy atom. The molecule has 0 radical (unpaired) electrons. The smallest absolute Gasteiger partial charge is 0.272 e. The molecule has 19 heavy (non-hydrogen) atoms. The molecule has 0 heterocycles. The van der Waals surface area contributed by atoms with E-state index in [0.29, 0.717) is 11.6 Å². The van der Waals surface area contributed by atoms with E-state index in [-0.39, 0.29) is 10.6 Å². The molecule has 0 amide bonds. The van der Waals surface area contributed by atoms with Crippen molar-refractivity contribution in [2.75, 3.05) is 25.5 Å². The highest BCUT2D eigenvalue weighted by Crippen LogP contribution is 2.21. The van der Waals surface area contributed by atoms with Crippen LogP contribution in [0.5, 0.6) is 0 Å². The number of aryl methyl sites for hydroxylation is 1. The zero-order chi connectivity index (χ0) is 14.4. The molecule has 106 valence electrons. The third kappa shape index (κ3) is 4.52. The van der Waals surface area contributed by atoms with Crippen molar-refractivity contribution < 1.29 is 4.92 Å². The van der Waals surface area contributed by atoms with Gasteiger partial charge in [-0.1, -0.05) is 6.92 Å². The summed E-state index contributed by atoms with van der Waals surface area (Å²) in [6.45, 7) is 7.92. The first kappa shape index (κ1) is 15.4. The van der Waals surface area contributed by atoms with Crippen molar-refractivity contribution in [2.24, 2.45) is 0 Å². The minimum atomic E-state index is -0.351. The maximum absolute atomic E-state index is 10.7. The van der Waals surface area contributed by atoms with Gasteiger partial charge in [0.1, 0.15) is 0 Å². The molecule has 0 aliphatic carbocycles. The highest BCUT2D eigenvalue weighted by molar-refractivity contribution is 5.53. The van der Waals surface area contributed by atoms with Crippen LogP contribution < -0.4 is 5.32 Å². The summed E-state index contributed by atoms with van der Waals surface area (Å²) < 4.78 is 0. The molecule has 0 saturated heterocycles. The zero-order valence-electron chi connectivity index (χ0n) is 12.1. The van der Waals surface area contributed by atoms with Gasteiger partial charge >= 0.3 is 0 Å². The molecule has 0 saturated carbocycles. The maximum atomic E-state index is 10.7. The van der Waals surface area contributed by atoms with Crippen LogP contribution in [0.2, 0.25) is 0 Å². The van der Waals surface area contributed by atoms with E-state index in [2.05, 4.69) is 31.1 Å². The number of nitro groups is 1. The largest absolute Gasteiger partial charge is 0.384 e. The van der Waals surface area contributed by atoms with Crippen LogP contribution >= 0.6 is 0 Å². The Morgan fingerprint density at radius 1 is 1.47 bits per heavy atom. The van der Waals surface area contributed by atoms with Crippen molar-refractivity contribution in [3.8, 4) is 0 Å². The average molecular weight is 265 g/mol. The van der Waals surface area contributed by atoms with Gasteiger partial charge in [-0.15, -0.1) is 0 Å². The first-order valence-corrected chi connectivity index (χ1v) is 6.64. The monoisotopic (exact) mass is 265 g/mol. The van der Waals surface area contributed by atoms with Gasteiger partial charge in [-0.05, 0) is 39.4 Å². The molecule has 1 unspecified atom stereocenters. The Morgan fingerprint density at radius 2 is 2.16 bits per heavy atom. The van der Waals surface area contributed by atoms with Crippen molar-refractivity contribution in [3.63, 3.8) is 0 Å². The van der Waals surface area contributed by atoms with Crippen LogP contribution in [0.15, 0.2) is 18.2 Å². The van der Waals surface area contributed by atoms with Gasteiger partial charge in [0.15, 0.2) is 0 Å². The lowest BCUT2D eigenvalue weighted by atomic mass is 10.2. The lowest BCUT2D eigenvalue weighted by Gasteiger charge is -2.23. The number of benzene rings is 1. The summed E-state index contributed by atoms with van der Waals surface area (Å²) in [5, 5.41) is 14.0. The van der Waals surface area contributed by atoms with E-state index in [4.69, 9.17) is 0 Å². The number of nitro benzene ring substituents is 1. The number of hydrogen-bond donors (Lipinski definition) is 1. The summed E-state index contributed by atoms with van der Waals surface area (Å²) >= 11 is 0. The van der Waals surface area contributed by atoms with E-state index < -0.39 is 0 Å². The summed E-state index contributed by atoms with van der Waals surface area (Å²) in [6, 6.07) is 5.70. The molecule has 1 aromatic rings. The van der Waals surface area contributed by atoms with Crippen LogP contribution in [0.1, 0.15) is 25.8 Å². The van der Waals surface area contributed by atoms with Crippen LogP contribution in [0.4, 0.5) is 11.4 Å². The number of likely N-dealkylation sites (N-methyl/N-ethyl adjacent to an activating group) is 1. The fourth-order valence-electron chi connectivity index (χ4n) is 1.88. The Hall–Kier alpha value is -1.62. The topological polar surface area (TPSA) is 58.4 Å². The molecule has 1 aromatic carbocycles. The standard InChI is InChI=1S/C14H23N3O2/c1-5-12(3)16(4)9-8-15-13-6-7-14(17(18)19)11(2)10-13/h6-7,10,12,15H,5,8-9H2,1-4H3. The second kappa shape index (κ2) is 7.09. The van der Waals surface area contributed by atoms with E-state index in [1.165, 1.54) is 0 Å². The normalized spacial score (nSPS) is 12.5. The second-order valence-electron chi connectivity index (χ2n) is 4.92. The third-order valence-electron chi connectivity index (χ3n) is 3.53. The van der Waals surface area contributed by atoms with Gasteiger partial charge in [0.05, 0.1) is 4.92 Å². The Bertz CT molecular complexity index is 435. The van der Waals surface area contributed by atoms with E-state index in [0.717, 1.165) is 25.2 Å². The fourth-order valence-corrected chi connectivity index (χ4v) is 1.88. The van der Waals surface area contributed by atoms with Crippen molar-refractivity contribution in [2.45, 2.75) is 33.2 Å². The predicted octanol–water partition coefficient (Wildman–Crippen LogP) is 3.05. The van der Waals surface area contributed by atoms with Gasteiger partial charge in [0.25, 0.3) is 5.69 Å². The lowest BCUT2D eigenvalue weighted by Crippen LogP contribution is -2.32.